The fraction of sp³-hybridized carbons (Fsp3) is 0.357. The highest BCUT2D eigenvalue weighted by molar-refractivity contribution is 6.17. The van der Waals surface area contributed by atoms with Crippen LogP contribution in [0.1, 0.15) is 23.4 Å². The van der Waals surface area contributed by atoms with Crippen molar-refractivity contribution in [3.8, 4) is 11.3 Å². The van der Waals surface area contributed by atoms with Gasteiger partial charge in [-0.25, -0.2) is 4.98 Å². The molecule has 3 heteroatoms. The van der Waals surface area contributed by atoms with Crippen molar-refractivity contribution in [3.63, 3.8) is 0 Å². The number of oxazole rings is 1. The first-order valence-electron chi connectivity index (χ1n) is 5.79. The number of hydrogen-bond donors (Lipinski definition) is 0. The van der Waals surface area contributed by atoms with Gasteiger partial charge in [0.05, 0.1) is 6.20 Å². The summed E-state index contributed by atoms with van der Waals surface area (Å²) in [5.74, 6) is 2.24. The number of hydrogen-bond acceptors (Lipinski definition) is 2. The molecule has 2 rings (SSSR count). The van der Waals surface area contributed by atoms with Crippen molar-refractivity contribution in [1.29, 1.82) is 0 Å². The molecule has 0 saturated carbocycles. The summed E-state index contributed by atoms with van der Waals surface area (Å²) in [7, 11) is 0. The van der Waals surface area contributed by atoms with Crippen LogP contribution < -0.4 is 0 Å². The van der Waals surface area contributed by atoms with E-state index in [0.717, 1.165) is 30.1 Å². The van der Waals surface area contributed by atoms with E-state index >= 15 is 0 Å². The maximum Gasteiger partial charge on any atom is 0.194 e. The van der Waals surface area contributed by atoms with Crippen molar-refractivity contribution in [1.82, 2.24) is 4.98 Å². The van der Waals surface area contributed by atoms with E-state index < -0.39 is 0 Å². The molecule has 1 aromatic carbocycles. The van der Waals surface area contributed by atoms with Gasteiger partial charge in [-0.15, -0.1) is 11.6 Å². The van der Waals surface area contributed by atoms with Gasteiger partial charge in [0, 0.05) is 17.9 Å². The van der Waals surface area contributed by atoms with E-state index in [1.165, 1.54) is 11.1 Å². The molecule has 0 spiro atoms. The van der Waals surface area contributed by atoms with Gasteiger partial charge in [0.15, 0.2) is 11.7 Å². The zero-order chi connectivity index (χ0) is 12.3. The minimum atomic E-state index is 0.640. The molecule has 0 radical (unpaired) electrons. The third kappa shape index (κ3) is 2.89. The van der Waals surface area contributed by atoms with Crippen LogP contribution in [0.5, 0.6) is 0 Å². The predicted molar refractivity (Wildman–Crippen MR) is 70.5 cm³/mol. The monoisotopic (exact) mass is 249 g/mol. The third-order valence-corrected chi connectivity index (χ3v) is 2.99. The van der Waals surface area contributed by atoms with E-state index in [9.17, 15) is 0 Å². The molecule has 0 aliphatic heterocycles. The normalized spacial score (nSPS) is 10.8. The van der Waals surface area contributed by atoms with Crippen molar-refractivity contribution < 1.29 is 4.42 Å². The SMILES string of the molecule is Cc1ccc(-c2cnc(CCCCl)o2)c(C)c1. The van der Waals surface area contributed by atoms with Crippen LogP contribution in [0, 0.1) is 13.8 Å². The van der Waals surface area contributed by atoms with E-state index in [1.807, 2.05) is 0 Å². The molecule has 0 bridgehead atoms. The Morgan fingerprint density at radius 3 is 2.82 bits per heavy atom. The minimum Gasteiger partial charge on any atom is -0.441 e. The van der Waals surface area contributed by atoms with Crippen LogP contribution in [0.15, 0.2) is 28.8 Å². The molecule has 1 heterocycles. The lowest BCUT2D eigenvalue weighted by molar-refractivity contribution is 0.503. The molecule has 2 nitrogen and oxygen atoms in total. The van der Waals surface area contributed by atoms with Gasteiger partial charge in [0.1, 0.15) is 0 Å². The number of aromatic nitrogens is 1. The number of alkyl halides is 1. The van der Waals surface area contributed by atoms with Crippen molar-refractivity contribution >= 4 is 11.6 Å². The molecule has 0 fully saturated rings. The Balaban J connectivity index is 2.24. The van der Waals surface area contributed by atoms with Gasteiger partial charge in [0.2, 0.25) is 0 Å². The summed E-state index contributed by atoms with van der Waals surface area (Å²) in [6.45, 7) is 4.17. The van der Waals surface area contributed by atoms with Gasteiger partial charge in [-0.05, 0) is 25.8 Å². The summed E-state index contributed by atoms with van der Waals surface area (Å²) in [6, 6.07) is 6.32. The first-order chi connectivity index (χ1) is 8.20. The van der Waals surface area contributed by atoms with E-state index in [2.05, 4.69) is 37.0 Å². The van der Waals surface area contributed by atoms with Gasteiger partial charge < -0.3 is 4.42 Å². The average molecular weight is 250 g/mol. The summed E-state index contributed by atoms with van der Waals surface area (Å²) >= 11 is 5.65. The van der Waals surface area contributed by atoms with Crippen LogP contribution in [0.4, 0.5) is 0 Å². The second kappa shape index (κ2) is 5.37. The van der Waals surface area contributed by atoms with Crippen LogP contribution in [-0.4, -0.2) is 10.9 Å². The van der Waals surface area contributed by atoms with Gasteiger partial charge in [-0.1, -0.05) is 23.8 Å². The number of aryl methyl sites for hydroxylation is 3. The van der Waals surface area contributed by atoms with Gasteiger partial charge >= 0.3 is 0 Å². The number of nitrogens with zero attached hydrogens (tertiary/aromatic N) is 1. The highest BCUT2D eigenvalue weighted by Gasteiger charge is 2.08. The minimum absolute atomic E-state index is 0.640. The Hall–Kier alpha value is -1.28. The molecule has 2 aromatic rings. The lowest BCUT2D eigenvalue weighted by Crippen LogP contribution is -1.85. The van der Waals surface area contributed by atoms with Crippen LogP contribution in [0.25, 0.3) is 11.3 Å². The second-order valence-corrected chi connectivity index (χ2v) is 4.61. The first-order valence-corrected chi connectivity index (χ1v) is 6.32. The quantitative estimate of drug-likeness (QED) is 0.762. The predicted octanol–water partition coefficient (Wildman–Crippen LogP) is 4.13. The van der Waals surface area contributed by atoms with Crippen molar-refractivity contribution in [2.75, 3.05) is 5.88 Å². The van der Waals surface area contributed by atoms with Crippen LogP contribution in [0.3, 0.4) is 0 Å². The largest absolute Gasteiger partial charge is 0.441 e. The topological polar surface area (TPSA) is 26.0 Å². The molecule has 0 atom stereocenters. The maximum absolute atomic E-state index is 5.72. The summed E-state index contributed by atoms with van der Waals surface area (Å²) < 4.78 is 5.72. The van der Waals surface area contributed by atoms with Crippen molar-refractivity contribution in [3.05, 3.63) is 41.4 Å². The lowest BCUT2D eigenvalue weighted by atomic mass is 10.0. The van der Waals surface area contributed by atoms with E-state index in [1.54, 1.807) is 6.20 Å². The second-order valence-electron chi connectivity index (χ2n) is 4.23. The number of rotatable bonds is 4. The smallest absolute Gasteiger partial charge is 0.194 e. The van der Waals surface area contributed by atoms with Crippen LogP contribution >= 0.6 is 11.6 Å². The molecule has 0 aliphatic rings. The van der Waals surface area contributed by atoms with Crippen LogP contribution in [0.2, 0.25) is 0 Å². The average Bonchev–Trinajstić information content (AvgIpc) is 2.75. The van der Waals surface area contributed by atoms with Crippen LogP contribution in [-0.2, 0) is 6.42 Å². The Morgan fingerprint density at radius 1 is 1.29 bits per heavy atom. The number of halogens is 1. The summed E-state index contributed by atoms with van der Waals surface area (Å²) in [5.41, 5.74) is 3.58. The molecule has 1 aromatic heterocycles. The molecular weight excluding hydrogens is 234 g/mol. The molecule has 17 heavy (non-hydrogen) atoms. The fourth-order valence-electron chi connectivity index (χ4n) is 1.86. The molecular formula is C14H16ClNO. The molecule has 90 valence electrons. The highest BCUT2D eigenvalue weighted by atomic mass is 35.5. The van der Waals surface area contributed by atoms with Gasteiger partial charge in [-0.3, -0.25) is 0 Å². The number of benzene rings is 1. The highest BCUT2D eigenvalue weighted by Crippen LogP contribution is 2.25. The van der Waals surface area contributed by atoms with E-state index in [-0.39, 0.29) is 0 Å². The van der Waals surface area contributed by atoms with Gasteiger partial charge in [-0.2, -0.15) is 0 Å². The first kappa shape index (κ1) is 12.2. The van der Waals surface area contributed by atoms with Crippen molar-refractivity contribution in [2.24, 2.45) is 0 Å². The molecule has 0 aliphatic carbocycles. The summed E-state index contributed by atoms with van der Waals surface area (Å²) in [4.78, 5) is 4.27. The van der Waals surface area contributed by atoms with E-state index in [4.69, 9.17) is 16.0 Å². The summed E-state index contributed by atoms with van der Waals surface area (Å²) in [6.07, 6.45) is 3.49. The fourth-order valence-corrected chi connectivity index (χ4v) is 1.99. The standard InChI is InChI=1S/C14H16ClNO/c1-10-5-6-12(11(2)8-10)13-9-16-14(17-13)4-3-7-15/h5-6,8-9H,3-4,7H2,1-2H3. The van der Waals surface area contributed by atoms with E-state index in [0.29, 0.717) is 5.88 Å². The zero-order valence-corrected chi connectivity index (χ0v) is 10.9. The Labute approximate surface area is 107 Å². The lowest BCUT2D eigenvalue weighted by Gasteiger charge is -2.02. The zero-order valence-electron chi connectivity index (χ0n) is 10.2. The van der Waals surface area contributed by atoms with Gasteiger partial charge in [0.25, 0.3) is 0 Å². The maximum atomic E-state index is 5.72. The third-order valence-electron chi connectivity index (χ3n) is 2.73. The Bertz CT molecular complexity index is 505. The summed E-state index contributed by atoms with van der Waals surface area (Å²) in [5, 5.41) is 0. The molecule has 0 unspecified atom stereocenters. The molecule has 0 amide bonds. The Kier molecular flexibility index (Phi) is 3.85. The molecule has 0 N–H and O–H groups in total. The van der Waals surface area contributed by atoms with Crippen molar-refractivity contribution in [2.45, 2.75) is 26.7 Å². The molecule has 0 saturated heterocycles. The Morgan fingerprint density at radius 2 is 2.12 bits per heavy atom.